The topological polar surface area (TPSA) is 107 Å². The highest BCUT2D eigenvalue weighted by Gasteiger charge is 2.16. The van der Waals surface area contributed by atoms with Gasteiger partial charge in [0, 0.05) is 13.0 Å². The molecule has 1 aromatic carbocycles. The number of hydrogen-bond acceptors (Lipinski definition) is 4. The van der Waals surface area contributed by atoms with Crippen LogP contribution in [-0.4, -0.2) is 26.0 Å². The monoisotopic (exact) mass is 310 g/mol. The van der Waals surface area contributed by atoms with Crippen LogP contribution >= 0.6 is 0 Å². The van der Waals surface area contributed by atoms with Crippen molar-refractivity contribution in [3.63, 3.8) is 0 Å². The first-order valence-corrected chi connectivity index (χ1v) is 8.07. The molecule has 7 heteroatoms. The predicted molar refractivity (Wildman–Crippen MR) is 77.2 cm³/mol. The first-order chi connectivity index (χ1) is 9.86. The number of nitrogens with zero attached hydrogens (tertiary/aromatic N) is 1. The summed E-state index contributed by atoms with van der Waals surface area (Å²) < 4.78 is 26.8. The molecule has 0 spiro atoms. The summed E-state index contributed by atoms with van der Waals surface area (Å²) in [6, 6.07) is 6.43. The van der Waals surface area contributed by atoms with E-state index in [4.69, 9.17) is 10.4 Å². The molecule has 21 heavy (non-hydrogen) atoms. The molecule has 1 rings (SSSR count). The second kappa shape index (κ2) is 7.76. The van der Waals surface area contributed by atoms with E-state index in [1.807, 2.05) is 6.07 Å². The molecule has 0 heterocycles. The highest BCUT2D eigenvalue weighted by Crippen LogP contribution is 2.16. The average molecular weight is 310 g/mol. The van der Waals surface area contributed by atoms with Crippen LogP contribution in [0.1, 0.15) is 36.8 Å². The lowest BCUT2D eigenvalue weighted by Crippen LogP contribution is -2.25. The predicted octanol–water partition coefficient (Wildman–Crippen LogP) is 1.79. The van der Waals surface area contributed by atoms with E-state index in [9.17, 15) is 13.2 Å². The van der Waals surface area contributed by atoms with E-state index in [2.05, 4.69) is 4.72 Å². The largest absolute Gasteiger partial charge is 0.481 e. The molecule has 0 aromatic heterocycles. The summed E-state index contributed by atoms with van der Waals surface area (Å²) in [5, 5.41) is 17.3. The molecular weight excluding hydrogens is 292 g/mol. The van der Waals surface area contributed by atoms with E-state index < -0.39 is 16.0 Å². The fourth-order valence-corrected chi connectivity index (χ4v) is 3.16. The van der Waals surface area contributed by atoms with Gasteiger partial charge in [0.05, 0.1) is 16.5 Å². The zero-order chi connectivity index (χ0) is 15.9. The highest BCUT2D eigenvalue weighted by atomic mass is 32.2. The number of aliphatic carboxylic acids is 1. The molecule has 0 radical (unpaired) electrons. The Morgan fingerprint density at radius 1 is 1.33 bits per heavy atom. The van der Waals surface area contributed by atoms with E-state index in [1.54, 1.807) is 19.1 Å². The second-order valence-corrected chi connectivity index (χ2v) is 6.43. The van der Waals surface area contributed by atoms with Gasteiger partial charge in [-0.2, -0.15) is 5.26 Å². The summed E-state index contributed by atoms with van der Waals surface area (Å²) in [6.45, 7) is 1.92. The minimum Gasteiger partial charge on any atom is -0.481 e. The smallest absolute Gasteiger partial charge is 0.303 e. The molecule has 0 aliphatic rings. The van der Waals surface area contributed by atoms with Crippen LogP contribution in [0.25, 0.3) is 0 Å². The maximum absolute atomic E-state index is 12.1. The van der Waals surface area contributed by atoms with Gasteiger partial charge in [0.15, 0.2) is 0 Å². The van der Waals surface area contributed by atoms with Crippen molar-refractivity contribution in [2.45, 2.75) is 37.5 Å². The van der Waals surface area contributed by atoms with Gasteiger partial charge in [-0.15, -0.1) is 0 Å². The van der Waals surface area contributed by atoms with Crippen LogP contribution in [0.2, 0.25) is 0 Å². The molecule has 0 saturated heterocycles. The molecule has 0 atom stereocenters. The maximum atomic E-state index is 12.1. The number of carboxylic acid groups (broad SMARTS) is 1. The van der Waals surface area contributed by atoms with Crippen molar-refractivity contribution in [1.82, 2.24) is 4.72 Å². The van der Waals surface area contributed by atoms with Gasteiger partial charge < -0.3 is 5.11 Å². The van der Waals surface area contributed by atoms with E-state index in [0.29, 0.717) is 30.4 Å². The van der Waals surface area contributed by atoms with Crippen LogP contribution < -0.4 is 4.72 Å². The number of sulfonamides is 1. The average Bonchev–Trinajstić information content (AvgIpc) is 2.42. The molecule has 0 amide bonds. The number of carbonyl (C=O) groups is 1. The third kappa shape index (κ3) is 5.53. The van der Waals surface area contributed by atoms with Gasteiger partial charge in [-0.3, -0.25) is 4.79 Å². The lowest BCUT2D eigenvalue weighted by molar-refractivity contribution is -0.137. The van der Waals surface area contributed by atoms with Crippen molar-refractivity contribution in [2.75, 3.05) is 6.54 Å². The minimum absolute atomic E-state index is 0.0933. The maximum Gasteiger partial charge on any atom is 0.303 e. The molecule has 114 valence electrons. The van der Waals surface area contributed by atoms with Gasteiger partial charge in [0.2, 0.25) is 10.0 Å². The Morgan fingerprint density at radius 2 is 2.05 bits per heavy atom. The minimum atomic E-state index is -3.64. The molecule has 1 aromatic rings. The Kier molecular flexibility index (Phi) is 6.34. The number of nitriles is 1. The molecule has 0 aliphatic carbocycles. The zero-order valence-corrected chi connectivity index (χ0v) is 12.6. The van der Waals surface area contributed by atoms with E-state index >= 15 is 0 Å². The van der Waals surface area contributed by atoms with Crippen molar-refractivity contribution < 1.29 is 18.3 Å². The summed E-state index contributed by atoms with van der Waals surface area (Å²) in [6.07, 6.45) is 1.84. The molecular formula is C14H18N2O4S. The number of hydrogen-bond donors (Lipinski definition) is 2. The summed E-state index contributed by atoms with van der Waals surface area (Å²) >= 11 is 0. The van der Waals surface area contributed by atoms with E-state index in [0.717, 1.165) is 0 Å². The number of carboxylic acids is 1. The van der Waals surface area contributed by atoms with E-state index in [1.165, 1.54) is 6.07 Å². The van der Waals surface area contributed by atoms with Crippen molar-refractivity contribution in [3.05, 3.63) is 29.3 Å². The molecule has 0 fully saturated rings. The number of aryl methyl sites for hydroxylation is 1. The molecule has 2 N–H and O–H groups in total. The number of benzene rings is 1. The van der Waals surface area contributed by atoms with Crippen molar-refractivity contribution in [3.8, 4) is 6.07 Å². The van der Waals surface area contributed by atoms with Crippen LogP contribution in [0, 0.1) is 18.3 Å². The molecule has 0 saturated carbocycles. The number of unbranched alkanes of at least 4 members (excludes halogenated alkanes) is 2. The zero-order valence-electron chi connectivity index (χ0n) is 11.8. The highest BCUT2D eigenvalue weighted by molar-refractivity contribution is 7.89. The first-order valence-electron chi connectivity index (χ1n) is 6.59. The molecule has 0 bridgehead atoms. The Bertz CT molecular complexity index is 647. The van der Waals surface area contributed by atoms with Gasteiger partial charge in [-0.1, -0.05) is 12.5 Å². The summed E-state index contributed by atoms with van der Waals surface area (Å²) in [7, 11) is -3.64. The molecule has 6 nitrogen and oxygen atoms in total. The van der Waals surface area contributed by atoms with Gasteiger partial charge >= 0.3 is 5.97 Å². The van der Waals surface area contributed by atoms with Crippen molar-refractivity contribution in [2.24, 2.45) is 0 Å². The SMILES string of the molecule is Cc1ccc(C#N)cc1S(=O)(=O)NCCCCCC(=O)O. The Morgan fingerprint density at radius 3 is 2.67 bits per heavy atom. The van der Waals surface area contributed by atoms with Crippen molar-refractivity contribution >= 4 is 16.0 Å². The molecule has 0 aliphatic heterocycles. The van der Waals surface area contributed by atoms with Crippen LogP contribution in [-0.2, 0) is 14.8 Å². The lowest BCUT2D eigenvalue weighted by Gasteiger charge is -2.09. The van der Waals surface area contributed by atoms with Crippen LogP contribution in [0.15, 0.2) is 23.1 Å². The summed E-state index contributed by atoms with van der Waals surface area (Å²) in [5.41, 5.74) is 0.870. The van der Waals surface area contributed by atoms with Crippen LogP contribution in [0.5, 0.6) is 0 Å². The van der Waals surface area contributed by atoms with Crippen LogP contribution in [0.4, 0.5) is 0 Å². The van der Waals surface area contributed by atoms with E-state index in [-0.39, 0.29) is 17.9 Å². The van der Waals surface area contributed by atoms with Crippen LogP contribution in [0.3, 0.4) is 0 Å². The van der Waals surface area contributed by atoms with Gasteiger partial charge in [-0.05, 0) is 37.5 Å². The fraction of sp³-hybridized carbons (Fsp3) is 0.429. The van der Waals surface area contributed by atoms with Gasteiger partial charge in [0.25, 0.3) is 0 Å². The lowest BCUT2D eigenvalue weighted by atomic mass is 10.2. The Hall–Kier alpha value is -1.91. The first kappa shape index (κ1) is 17.1. The summed E-state index contributed by atoms with van der Waals surface area (Å²) in [4.78, 5) is 10.4. The van der Waals surface area contributed by atoms with Gasteiger partial charge in [0.1, 0.15) is 0 Å². The Labute approximate surface area is 124 Å². The quantitative estimate of drug-likeness (QED) is 0.712. The second-order valence-electron chi connectivity index (χ2n) is 4.69. The Balaban J connectivity index is 2.58. The number of nitrogens with one attached hydrogen (secondary N) is 1. The third-order valence-corrected chi connectivity index (χ3v) is 4.57. The normalized spacial score (nSPS) is 11.0. The summed E-state index contributed by atoms with van der Waals surface area (Å²) in [5.74, 6) is -0.848. The third-order valence-electron chi connectivity index (χ3n) is 2.97. The van der Waals surface area contributed by atoms with Crippen molar-refractivity contribution in [1.29, 1.82) is 5.26 Å². The van der Waals surface area contributed by atoms with Gasteiger partial charge in [-0.25, -0.2) is 13.1 Å². The standard InChI is InChI=1S/C14H18N2O4S/c1-11-6-7-12(10-15)9-13(11)21(19,20)16-8-4-2-3-5-14(17)18/h6-7,9,16H,2-5,8H2,1H3,(H,17,18). The fourth-order valence-electron chi connectivity index (χ4n) is 1.82. The number of rotatable bonds is 8. The molecule has 0 unspecified atom stereocenters.